The Labute approximate surface area is 104 Å². The summed E-state index contributed by atoms with van der Waals surface area (Å²) in [5.41, 5.74) is 5.96. The lowest BCUT2D eigenvalue weighted by Crippen LogP contribution is -2.01. The SMILES string of the molecule is COC(=O)c1cccc(Oc2cccc(N)n2)c1. The van der Waals surface area contributed by atoms with Crippen LogP contribution in [0, 0.1) is 0 Å². The topological polar surface area (TPSA) is 74.4 Å². The van der Waals surface area contributed by atoms with E-state index in [0.29, 0.717) is 23.0 Å². The minimum Gasteiger partial charge on any atom is -0.465 e. The van der Waals surface area contributed by atoms with Gasteiger partial charge in [-0.3, -0.25) is 0 Å². The number of anilines is 1. The lowest BCUT2D eigenvalue weighted by molar-refractivity contribution is 0.0600. The molecule has 2 aromatic rings. The number of esters is 1. The Morgan fingerprint density at radius 2 is 2.00 bits per heavy atom. The van der Waals surface area contributed by atoms with Crippen molar-refractivity contribution in [3.05, 3.63) is 48.0 Å². The molecule has 1 heterocycles. The van der Waals surface area contributed by atoms with Crippen molar-refractivity contribution >= 4 is 11.8 Å². The molecule has 0 amide bonds. The number of nitrogens with zero attached hydrogens (tertiary/aromatic N) is 1. The lowest BCUT2D eigenvalue weighted by Gasteiger charge is -2.06. The van der Waals surface area contributed by atoms with Gasteiger partial charge >= 0.3 is 5.97 Å². The van der Waals surface area contributed by atoms with Crippen LogP contribution in [0.5, 0.6) is 11.6 Å². The third-order valence-corrected chi connectivity index (χ3v) is 2.22. The number of hydrogen-bond acceptors (Lipinski definition) is 5. The van der Waals surface area contributed by atoms with Crippen molar-refractivity contribution in [3.8, 4) is 11.6 Å². The van der Waals surface area contributed by atoms with E-state index in [1.807, 2.05) is 0 Å². The average molecular weight is 244 g/mol. The molecule has 0 aliphatic heterocycles. The molecule has 0 aliphatic carbocycles. The molecule has 0 bridgehead atoms. The third kappa shape index (κ3) is 2.76. The van der Waals surface area contributed by atoms with Crippen molar-refractivity contribution in [1.82, 2.24) is 4.98 Å². The van der Waals surface area contributed by atoms with Crippen LogP contribution >= 0.6 is 0 Å². The third-order valence-electron chi connectivity index (χ3n) is 2.22. The van der Waals surface area contributed by atoms with Gasteiger partial charge in [-0.25, -0.2) is 4.79 Å². The minimum atomic E-state index is -0.416. The number of ether oxygens (including phenoxy) is 2. The highest BCUT2D eigenvalue weighted by Crippen LogP contribution is 2.21. The van der Waals surface area contributed by atoms with Gasteiger partial charge in [0.1, 0.15) is 11.6 Å². The fourth-order valence-electron chi connectivity index (χ4n) is 1.41. The number of nitrogen functional groups attached to an aromatic ring is 1. The molecule has 1 aromatic carbocycles. The number of methoxy groups -OCH3 is 1. The van der Waals surface area contributed by atoms with Gasteiger partial charge in [0.25, 0.3) is 0 Å². The molecule has 0 saturated heterocycles. The highest BCUT2D eigenvalue weighted by molar-refractivity contribution is 5.89. The van der Waals surface area contributed by atoms with Crippen LogP contribution in [-0.4, -0.2) is 18.1 Å². The van der Waals surface area contributed by atoms with Crippen molar-refractivity contribution in [3.63, 3.8) is 0 Å². The van der Waals surface area contributed by atoms with E-state index in [4.69, 9.17) is 10.5 Å². The number of hydrogen-bond donors (Lipinski definition) is 1. The molecule has 0 atom stereocenters. The first-order chi connectivity index (χ1) is 8.69. The van der Waals surface area contributed by atoms with Gasteiger partial charge in [0.05, 0.1) is 12.7 Å². The molecule has 2 N–H and O–H groups in total. The van der Waals surface area contributed by atoms with Gasteiger partial charge in [-0.1, -0.05) is 12.1 Å². The van der Waals surface area contributed by atoms with E-state index in [1.165, 1.54) is 7.11 Å². The molecule has 2 rings (SSSR count). The maximum atomic E-state index is 11.4. The van der Waals surface area contributed by atoms with Gasteiger partial charge in [0.15, 0.2) is 0 Å². The van der Waals surface area contributed by atoms with E-state index in [0.717, 1.165) is 0 Å². The highest BCUT2D eigenvalue weighted by Gasteiger charge is 2.07. The quantitative estimate of drug-likeness (QED) is 0.838. The Hall–Kier alpha value is -2.56. The second-order valence-electron chi connectivity index (χ2n) is 3.52. The van der Waals surface area contributed by atoms with Crippen LogP contribution in [0.1, 0.15) is 10.4 Å². The van der Waals surface area contributed by atoms with Gasteiger partial charge < -0.3 is 15.2 Å². The molecule has 18 heavy (non-hydrogen) atoms. The van der Waals surface area contributed by atoms with Crippen LogP contribution in [0.4, 0.5) is 5.82 Å². The first-order valence-electron chi connectivity index (χ1n) is 5.28. The normalized spacial score (nSPS) is 9.83. The summed E-state index contributed by atoms with van der Waals surface area (Å²) < 4.78 is 10.1. The molecule has 0 unspecified atom stereocenters. The second-order valence-corrected chi connectivity index (χ2v) is 3.52. The molecule has 0 saturated carbocycles. The molecule has 92 valence electrons. The van der Waals surface area contributed by atoms with E-state index in [-0.39, 0.29) is 0 Å². The number of nitrogens with two attached hydrogens (primary N) is 1. The fraction of sp³-hybridized carbons (Fsp3) is 0.0769. The smallest absolute Gasteiger partial charge is 0.337 e. The van der Waals surface area contributed by atoms with Gasteiger partial charge in [-0.05, 0) is 24.3 Å². The molecular weight excluding hydrogens is 232 g/mol. The van der Waals surface area contributed by atoms with Gasteiger partial charge in [0, 0.05) is 6.07 Å². The molecular formula is C13H12N2O3. The van der Waals surface area contributed by atoms with Crippen LogP contribution in [0.15, 0.2) is 42.5 Å². The maximum Gasteiger partial charge on any atom is 0.337 e. The van der Waals surface area contributed by atoms with Crippen molar-refractivity contribution in [1.29, 1.82) is 0 Å². The Morgan fingerprint density at radius 3 is 2.72 bits per heavy atom. The molecule has 0 spiro atoms. The molecule has 5 nitrogen and oxygen atoms in total. The van der Waals surface area contributed by atoms with E-state index >= 15 is 0 Å². The first kappa shape index (κ1) is 11.9. The maximum absolute atomic E-state index is 11.4. The summed E-state index contributed by atoms with van der Waals surface area (Å²) in [6.45, 7) is 0. The first-order valence-corrected chi connectivity index (χ1v) is 5.28. The Bertz CT molecular complexity index is 570. The second kappa shape index (κ2) is 5.18. The summed E-state index contributed by atoms with van der Waals surface area (Å²) in [5.74, 6) is 0.825. The molecule has 1 aromatic heterocycles. The Kier molecular flexibility index (Phi) is 3.43. The highest BCUT2D eigenvalue weighted by atomic mass is 16.5. The molecule has 0 aliphatic rings. The number of carbonyl (C=O) groups is 1. The summed E-state index contributed by atoms with van der Waals surface area (Å²) in [4.78, 5) is 15.4. The van der Waals surface area contributed by atoms with Crippen LogP contribution in [0.25, 0.3) is 0 Å². The zero-order chi connectivity index (χ0) is 13.0. The number of pyridine rings is 1. The predicted molar refractivity (Wildman–Crippen MR) is 66.5 cm³/mol. The molecule has 0 fully saturated rings. The zero-order valence-corrected chi connectivity index (χ0v) is 9.79. The zero-order valence-electron chi connectivity index (χ0n) is 9.79. The number of rotatable bonds is 3. The van der Waals surface area contributed by atoms with Gasteiger partial charge in [-0.2, -0.15) is 4.98 Å². The van der Waals surface area contributed by atoms with Crippen molar-refractivity contribution in [2.24, 2.45) is 0 Å². The van der Waals surface area contributed by atoms with Crippen molar-refractivity contribution < 1.29 is 14.3 Å². The van der Waals surface area contributed by atoms with Crippen molar-refractivity contribution in [2.45, 2.75) is 0 Å². The van der Waals surface area contributed by atoms with Crippen LogP contribution in [0.2, 0.25) is 0 Å². The lowest BCUT2D eigenvalue weighted by atomic mass is 10.2. The van der Waals surface area contributed by atoms with Crippen LogP contribution in [-0.2, 0) is 4.74 Å². The molecule has 0 radical (unpaired) electrons. The fourth-order valence-corrected chi connectivity index (χ4v) is 1.41. The summed E-state index contributed by atoms with van der Waals surface area (Å²) in [5, 5.41) is 0. The van der Waals surface area contributed by atoms with Gasteiger partial charge in [-0.15, -0.1) is 0 Å². The minimum absolute atomic E-state index is 0.372. The standard InChI is InChI=1S/C13H12N2O3/c1-17-13(16)9-4-2-5-10(8-9)18-12-7-3-6-11(14)15-12/h2-8H,1H3,(H2,14,15). The van der Waals surface area contributed by atoms with E-state index in [1.54, 1.807) is 42.5 Å². The average Bonchev–Trinajstić information content (AvgIpc) is 2.38. The summed E-state index contributed by atoms with van der Waals surface area (Å²) >= 11 is 0. The van der Waals surface area contributed by atoms with Crippen molar-refractivity contribution in [2.75, 3.05) is 12.8 Å². The van der Waals surface area contributed by atoms with E-state index in [9.17, 15) is 4.79 Å². The van der Waals surface area contributed by atoms with Gasteiger partial charge in [0.2, 0.25) is 5.88 Å². The summed E-state index contributed by atoms with van der Waals surface area (Å²) in [7, 11) is 1.33. The Morgan fingerprint density at radius 1 is 1.22 bits per heavy atom. The van der Waals surface area contributed by atoms with E-state index in [2.05, 4.69) is 9.72 Å². The summed E-state index contributed by atoms with van der Waals surface area (Å²) in [6, 6.07) is 11.7. The largest absolute Gasteiger partial charge is 0.465 e. The Balaban J connectivity index is 2.22. The van der Waals surface area contributed by atoms with Crippen LogP contribution in [0.3, 0.4) is 0 Å². The molecule has 5 heteroatoms. The number of benzene rings is 1. The van der Waals surface area contributed by atoms with Crippen LogP contribution < -0.4 is 10.5 Å². The van der Waals surface area contributed by atoms with E-state index < -0.39 is 5.97 Å². The summed E-state index contributed by atoms with van der Waals surface area (Å²) in [6.07, 6.45) is 0. The number of aromatic nitrogens is 1. The monoisotopic (exact) mass is 244 g/mol. The predicted octanol–water partition coefficient (Wildman–Crippen LogP) is 2.24. The number of carbonyl (C=O) groups excluding carboxylic acids is 1.